The van der Waals surface area contributed by atoms with E-state index in [0.717, 1.165) is 12.2 Å². The molecule has 1 nitrogen and oxygen atoms in total. The van der Waals surface area contributed by atoms with E-state index in [4.69, 9.17) is 4.74 Å². The Morgan fingerprint density at radius 1 is 1.05 bits per heavy atom. The highest BCUT2D eigenvalue weighted by Crippen LogP contribution is 2.25. The summed E-state index contributed by atoms with van der Waals surface area (Å²) < 4.78 is 5.31. The zero-order valence-electron chi connectivity index (χ0n) is 11.5. The van der Waals surface area contributed by atoms with E-state index in [-0.39, 0.29) is 0 Å². The Morgan fingerprint density at radius 3 is 2.53 bits per heavy atom. The minimum Gasteiger partial charge on any atom is -0.497 e. The molecule has 1 heteroatoms. The van der Waals surface area contributed by atoms with Gasteiger partial charge in [0.05, 0.1) is 7.11 Å². The topological polar surface area (TPSA) is 9.23 Å². The average Bonchev–Trinajstić information content (AvgIpc) is 2.48. The molecule has 0 fully saturated rings. The Labute approximate surface area is 115 Å². The Hall–Kier alpha value is -2.02. The van der Waals surface area contributed by atoms with E-state index in [9.17, 15) is 0 Å². The quantitative estimate of drug-likeness (QED) is 0.707. The van der Waals surface area contributed by atoms with Crippen LogP contribution >= 0.6 is 0 Å². The lowest BCUT2D eigenvalue weighted by molar-refractivity contribution is 0.414. The maximum atomic E-state index is 5.31. The molecule has 0 radical (unpaired) electrons. The van der Waals surface area contributed by atoms with Crippen LogP contribution in [-0.4, -0.2) is 7.11 Å². The maximum absolute atomic E-state index is 5.31. The molecule has 1 atom stereocenters. The minimum atomic E-state index is 0.391. The molecular weight excluding hydrogens is 232 g/mol. The van der Waals surface area contributed by atoms with E-state index >= 15 is 0 Å². The molecule has 0 aliphatic carbocycles. The Kier molecular flexibility index (Phi) is 4.79. The highest BCUT2D eigenvalue weighted by molar-refractivity contribution is 5.34. The van der Waals surface area contributed by atoms with Crippen LogP contribution in [-0.2, 0) is 6.42 Å². The number of hydrogen-bond donors (Lipinski definition) is 0. The minimum absolute atomic E-state index is 0.391. The Balaban J connectivity index is 2.24. The number of rotatable bonds is 5. The molecule has 0 spiro atoms. The van der Waals surface area contributed by atoms with Crippen molar-refractivity contribution in [3.63, 3.8) is 0 Å². The molecule has 2 aromatic rings. The molecule has 19 heavy (non-hydrogen) atoms. The van der Waals surface area contributed by atoms with Gasteiger partial charge in [-0.15, -0.1) is 0 Å². The number of allylic oxidation sites excluding steroid dienone is 2. The first-order valence-corrected chi connectivity index (χ1v) is 6.64. The van der Waals surface area contributed by atoms with Crippen molar-refractivity contribution in [2.75, 3.05) is 7.11 Å². The van der Waals surface area contributed by atoms with Crippen molar-refractivity contribution in [1.29, 1.82) is 0 Å². The van der Waals surface area contributed by atoms with Gasteiger partial charge in [-0.1, -0.05) is 54.6 Å². The molecule has 0 saturated heterocycles. The van der Waals surface area contributed by atoms with Gasteiger partial charge in [-0.2, -0.15) is 0 Å². The fourth-order valence-corrected chi connectivity index (χ4v) is 2.27. The van der Waals surface area contributed by atoms with Crippen molar-refractivity contribution in [3.05, 3.63) is 77.9 Å². The lowest BCUT2D eigenvalue weighted by Gasteiger charge is -2.14. The van der Waals surface area contributed by atoms with Gasteiger partial charge in [0.25, 0.3) is 0 Å². The molecule has 0 bridgehead atoms. The molecule has 0 aliphatic rings. The Morgan fingerprint density at radius 2 is 1.84 bits per heavy atom. The second kappa shape index (κ2) is 6.79. The largest absolute Gasteiger partial charge is 0.497 e. The second-order valence-corrected chi connectivity index (χ2v) is 4.60. The van der Waals surface area contributed by atoms with Crippen molar-refractivity contribution in [2.24, 2.45) is 0 Å². The van der Waals surface area contributed by atoms with Crippen LogP contribution in [0.2, 0.25) is 0 Å². The van der Waals surface area contributed by atoms with E-state index < -0.39 is 0 Å². The van der Waals surface area contributed by atoms with Gasteiger partial charge in [-0.25, -0.2) is 0 Å². The summed E-state index contributed by atoms with van der Waals surface area (Å²) in [7, 11) is 1.71. The predicted molar refractivity (Wildman–Crippen MR) is 80.7 cm³/mol. The van der Waals surface area contributed by atoms with Gasteiger partial charge >= 0.3 is 0 Å². The summed E-state index contributed by atoms with van der Waals surface area (Å²) in [6.45, 7) is 2.07. The third-order valence-electron chi connectivity index (χ3n) is 3.25. The van der Waals surface area contributed by atoms with Gasteiger partial charge in [-0.05, 0) is 36.6 Å². The molecule has 0 heterocycles. The number of benzene rings is 2. The van der Waals surface area contributed by atoms with Crippen LogP contribution < -0.4 is 4.74 Å². The third kappa shape index (κ3) is 3.72. The molecule has 2 aromatic carbocycles. The van der Waals surface area contributed by atoms with Crippen molar-refractivity contribution in [2.45, 2.75) is 19.3 Å². The lowest BCUT2D eigenvalue weighted by atomic mass is 9.91. The third-order valence-corrected chi connectivity index (χ3v) is 3.25. The van der Waals surface area contributed by atoms with Crippen LogP contribution in [0.5, 0.6) is 5.75 Å². The highest BCUT2D eigenvalue weighted by Gasteiger charge is 2.09. The smallest absolute Gasteiger partial charge is 0.119 e. The summed E-state index contributed by atoms with van der Waals surface area (Å²) in [5.41, 5.74) is 2.65. The van der Waals surface area contributed by atoms with Gasteiger partial charge in [0, 0.05) is 5.92 Å². The van der Waals surface area contributed by atoms with Crippen LogP contribution in [0.3, 0.4) is 0 Å². The molecule has 0 aliphatic heterocycles. The summed E-state index contributed by atoms with van der Waals surface area (Å²) in [5, 5.41) is 0. The second-order valence-electron chi connectivity index (χ2n) is 4.60. The highest BCUT2D eigenvalue weighted by atomic mass is 16.5. The van der Waals surface area contributed by atoms with Gasteiger partial charge in [0.2, 0.25) is 0 Å². The van der Waals surface area contributed by atoms with Crippen molar-refractivity contribution in [3.8, 4) is 5.75 Å². The molecule has 98 valence electrons. The van der Waals surface area contributed by atoms with E-state index in [1.807, 2.05) is 6.07 Å². The first kappa shape index (κ1) is 13.4. The van der Waals surface area contributed by atoms with Crippen LogP contribution in [0.1, 0.15) is 24.0 Å². The first-order chi connectivity index (χ1) is 9.33. The fraction of sp³-hybridized carbons (Fsp3) is 0.222. The molecule has 0 N–H and O–H groups in total. The number of hydrogen-bond acceptors (Lipinski definition) is 1. The van der Waals surface area contributed by atoms with Gasteiger partial charge in [0.15, 0.2) is 0 Å². The first-order valence-electron chi connectivity index (χ1n) is 6.64. The van der Waals surface area contributed by atoms with E-state index in [1.165, 1.54) is 11.1 Å². The van der Waals surface area contributed by atoms with E-state index in [1.54, 1.807) is 7.11 Å². The lowest BCUT2D eigenvalue weighted by Crippen LogP contribution is -2.00. The summed E-state index contributed by atoms with van der Waals surface area (Å²) in [5.74, 6) is 1.31. The molecule has 0 unspecified atom stereocenters. The van der Waals surface area contributed by atoms with Crippen molar-refractivity contribution in [1.82, 2.24) is 0 Å². The van der Waals surface area contributed by atoms with Crippen LogP contribution in [0.15, 0.2) is 66.7 Å². The normalized spacial score (nSPS) is 12.5. The molecule has 2 rings (SSSR count). The van der Waals surface area contributed by atoms with Crippen molar-refractivity contribution < 1.29 is 4.74 Å². The maximum Gasteiger partial charge on any atom is 0.119 e. The number of methoxy groups -OCH3 is 1. The summed E-state index contributed by atoms with van der Waals surface area (Å²) in [4.78, 5) is 0. The van der Waals surface area contributed by atoms with Crippen LogP contribution in [0.4, 0.5) is 0 Å². The van der Waals surface area contributed by atoms with E-state index in [2.05, 4.69) is 67.6 Å². The Bertz CT molecular complexity index is 528. The molecular formula is C18H20O. The monoisotopic (exact) mass is 252 g/mol. The summed E-state index contributed by atoms with van der Waals surface area (Å²) in [6, 6.07) is 18.9. The molecule has 0 saturated carbocycles. The fourth-order valence-electron chi connectivity index (χ4n) is 2.27. The van der Waals surface area contributed by atoms with Crippen molar-refractivity contribution >= 4 is 0 Å². The van der Waals surface area contributed by atoms with Crippen LogP contribution in [0.25, 0.3) is 0 Å². The van der Waals surface area contributed by atoms with E-state index in [0.29, 0.717) is 5.92 Å². The summed E-state index contributed by atoms with van der Waals surface area (Å²) >= 11 is 0. The van der Waals surface area contributed by atoms with Gasteiger partial charge < -0.3 is 4.74 Å². The zero-order valence-corrected chi connectivity index (χ0v) is 11.5. The van der Waals surface area contributed by atoms with Gasteiger partial charge in [-0.3, -0.25) is 0 Å². The van der Waals surface area contributed by atoms with Crippen LogP contribution in [0, 0.1) is 0 Å². The average molecular weight is 252 g/mol. The molecule has 0 amide bonds. The standard InChI is InChI=1S/C18H20O/c1-3-8-16(13-15-9-5-4-6-10-15)17-11-7-12-18(14-17)19-2/h3-12,14,16H,13H2,1-2H3/b8-3+/t16-/m0/s1. The predicted octanol–water partition coefficient (Wildman–Crippen LogP) is 4.60. The zero-order chi connectivity index (χ0) is 13.5. The molecule has 0 aromatic heterocycles. The van der Waals surface area contributed by atoms with Gasteiger partial charge in [0.1, 0.15) is 5.75 Å². The number of ether oxygens (including phenoxy) is 1. The summed E-state index contributed by atoms with van der Waals surface area (Å²) in [6.07, 6.45) is 5.38. The SMILES string of the molecule is C/C=C/[C@@H](Cc1ccccc1)c1cccc(OC)c1.